The highest BCUT2D eigenvalue weighted by atomic mass is 32.1. The molecule has 0 atom stereocenters. The number of thiazole rings is 1. The highest BCUT2D eigenvalue weighted by Crippen LogP contribution is 2.36. The van der Waals surface area contributed by atoms with Crippen LogP contribution in [-0.2, 0) is 0 Å². The molecule has 4 aromatic rings. The van der Waals surface area contributed by atoms with Crippen molar-refractivity contribution in [3.05, 3.63) is 30.6 Å². The third-order valence-corrected chi connectivity index (χ3v) is 4.37. The number of ether oxygens (including phenoxy) is 2. The molecule has 0 saturated carbocycles. The number of imidazole rings is 1. The average Bonchev–Trinajstić information content (AvgIpc) is 3.18. The summed E-state index contributed by atoms with van der Waals surface area (Å²) in [6.07, 6.45) is 3.72. The minimum Gasteiger partial charge on any atom is -0.507 e. The Kier molecular flexibility index (Phi) is 2.77. The highest BCUT2D eigenvalue weighted by Gasteiger charge is 2.15. The quantitative estimate of drug-likeness (QED) is 0.626. The molecular weight excluding hydrogens is 304 g/mol. The molecule has 3 aromatic heterocycles. The molecule has 1 aromatic carbocycles. The summed E-state index contributed by atoms with van der Waals surface area (Å²) in [4.78, 5) is 5.33. The molecule has 0 bridgehead atoms. The number of phenolic OH excluding ortho intramolecular Hbond substituents is 1. The normalized spacial score (nSPS) is 11.4. The predicted octanol–water partition coefficient (Wildman–Crippen LogP) is 3.53. The summed E-state index contributed by atoms with van der Waals surface area (Å²) >= 11 is 1.45. The number of rotatable bonds is 3. The topological polar surface area (TPSA) is 69.1 Å². The summed E-state index contributed by atoms with van der Waals surface area (Å²) in [7, 11) is 3.17. The standard InChI is InChI=1S/C15H12N2O4S/c1-19-8-3-11(18)9-5-13(21-12(9)4-8)10-6-17-7-14(20-2)22-15(17)16-10/h3-7,18H,1-2H3. The molecule has 0 fully saturated rings. The number of furan rings is 1. The third kappa shape index (κ3) is 1.90. The Morgan fingerprint density at radius 2 is 2.05 bits per heavy atom. The van der Waals surface area contributed by atoms with Crippen molar-refractivity contribution in [2.24, 2.45) is 0 Å². The molecule has 3 heterocycles. The number of aromatic nitrogens is 2. The Bertz CT molecular complexity index is 951. The molecule has 0 saturated heterocycles. The zero-order valence-corrected chi connectivity index (χ0v) is 12.7. The highest BCUT2D eigenvalue weighted by molar-refractivity contribution is 7.18. The van der Waals surface area contributed by atoms with Crippen LogP contribution in [0.5, 0.6) is 16.6 Å². The van der Waals surface area contributed by atoms with Gasteiger partial charge < -0.3 is 19.0 Å². The number of methoxy groups -OCH3 is 2. The number of phenols is 1. The minimum atomic E-state index is 0.118. The van der Waals surface area contributed by atoms with Gasteiger partial charge in [0.25, 0.3) is 0 Å². The van der Waals surface area contributed by atoms with Gasteiger partial charge in [-0.1, -0.05) is 11.3 Å². The number of hydrogen-bond acceptors (Lipinski definition) is 6. The monoisotopic (exact) mass is 316 g/mol. The molecule has 112 valence electrons. The lowest BCUT2D eigenvalue weighted by Gasteiger charge is -1.99. The number of aromatic hydroxyl groups is 1. The van der Waals surface area contributed by atoms with Crippen LogP contribution >= 0.6 is 11.3 Å². The van der Waals surface area contributed by atoms with Gasteiger partial charge in [0.1, 0.15) is 22.8 Å². The van der Waals surface area contributed by atoms with Crippen LogP contribution in [0.1, 0.15) is 0 Å². The fourth-order valence-electron chi connectivity index (χ4n) is 2.33. The lowest BCUT2D eigenvalue weighted by Crippen LogP contribution is -1.81. The SMILES string of the molecule is COc1cc(O)c2cc(-c3cn4cc(OC)sc4n3)oc2c1. The first-order chi connectivity index (χ1) is 10.7. The van der Waals surface area contributed by atoms with E-state index in [-0.39, 0.29) is 5.75 Å². The van der Waals surface area contributed by atoms with E-state index in [4.69, 9.17) is 13.9 Å². The molecule has 7 heteroatoms. The van der Waals surface area contributed by atoms with Crippen LogP contribution in [0.15, 0.2) is 35.0 Å². The molecule has 0 aliphatic rings. The van der Waals surface area contributed by atoms with E-state index in [2.05, 4.69) is 4.98 Å². The zero-order valence-electron chi connectivity index (χ0n) is 11.9. The molecule has 4 rings (SSSR count). The van der Waals surface area contributed by atoms with Crippen molar-refractivity contribution in [1.29, 1.82) is 0 Å². The second-order valence-electron chi connectivity index (χ2n) is 4.74. The van der Waals surface area contributed by atoms with E-state index in [0.717, 1.165) is 10.0 Å². The zero-order chi connectivity index (χ0) is 15.3. The van der Waals surface area contributed by atoms with Crippen LogP contribution in [0.3, 0.4) is 0 Å². The van der Waals surface area contributed by atoms with Crippen LogP contribution in [0.2, 0.25) is 0 Å². The van der Waals surface area contributed by atoms with Gasteiger partial charge in [0.05, 0.1) is 25.8 Å². The molecule has 0 amide bonds. The van der Waals surface area contributed by atoms with Crippen LogP contribution < -0.4 is 9.47 Å². The Morgan fingerprint density at radius 3 is 2.77 bits per heavy atom. The molecule has 0 unspecified atom stereocenters. The van der Waals surface area contributed by atoms with E-state index >= 15 is 0 Å². The maximum Gasteiger partial charge on any atom is 0.197 e. The maximum absolute atomic E-state index is 10.0. The van der Waals surface area contributed by atoms with E-state index in [0.29, 0.717) is 28.2 Å². The van der Waals surface area contributed by atoms with Gasteiger partial charge in [-0.25, -0.2) is 4.98 Å². The molecule has 0 radical (unpaired) electrons. The van der Waals surface area contributed by atoms with Gasteiger partial charge in [0, 0.05) is 18.3 Å². The molecule has 6 nitrogen and oxygen atoms in total. The van der Waals surface area contributed by atoms with E-state index in [1.54, 1.807) is 32.4 Å². The van der Waals surface area contributed by atoms with Crippen LogP contribution in [0.25, 0.3) is 27.4 Å². The Labute approximate surface area is 129 Å². The summed E-state index contributed by atoms with van der Waals surface area (Å²) in [6, 6.07) is 5.06. The van der Waals surface area contributed by atoms with E-state index in [1.807, 2.05) is 16.8 Å². The number of nitrogens with zero attached hydrogens (tertiary/aromatic N) is 2. The number of hydrogen-bond donors (Lipinski definition) is 1. The summed E-state index contributed by atoms with van der Waals surface area (Å²) in [5.74, 6) is 1.25. The van der Waals surface area contributed by atoms with E-state index in [9.17, 15) is 5.11 Å². The second kappa shape index (κ2) is 4.67. The van der Waals surface area contributed by atoms with Crippen LogP contribution in [-0.4, -0.2) is 28.7 Å². The molecule has 0 spiro atoms. The summed E-state index contributed by atoms with van der Waals surface area (Å²) in [6.45, 7) is 0. The van der Waals surface area contributed by atoms with E-state index in [1.165, 1.54) is 11.3 Å². The minimum absolute atomic E-state index is 0.118. The second-order valence-corrected chi connectivity index (χ2v) is 5.71. The van der Waals surface area contributed by atoms with Gasteiger partial charge >= 0.3 is 0 Å². The summed E-state index contributed by atoms with van der Waals surface area (Å²) < 4.78 is 18.0. The van der Waals surface area contributed by atoms with Crippen molar-refractivity contribution < 1.29 is 19.0 Å². The Morgan fingerprint density at radius 1 is 1.18 bits per heavy atom. The van der Waals surface area contributed by atoms with Crippen molar-refractivity contribution in [1.82, 2.24) is 9.38 Å². The number of fused-ring (bicyclic) bond motifs is 2. The van der Waals surface area contributed by atoms with Crippen molar-refractivity contribution in [2.75, 3.05) is 14.2 Å². The number of benzene rings is 1. The van der Waals surface area contributed by atoms with Gasteiger partial charge in [-0.05, 0) is 6.07 Å². The maximum atomic E-state index is 10.0. The molecule has 0 aliphatic heterocycles. The van der Waals surface area contributed by atoms with Crippen LogP contribution in [0, 0.1) is 0 Å². The predicted molar refractivity (Wildman–Crippen MR) is 83.0 cm³/mol. The van der Waals surface area contributed by atoms with Crippen LogP contribution in [0.4, 0.5) is 0 Å². The van der Waals surface area contributed by atoms with Crippen molar-refractivity contribution in [3.63, 3.8) is 0 Å². The van der Waals surface area contributed by atoms with Gasteiger partial charge in [-0.3, -0.25) is 4.40 Å². The fourth-order valence-corrected chi connectivity index (χ4v) is 3.11. The first-order valence-corrected chi connectivity index (χ1v) is 7.33. The average molecular weight is 316 g/mol. The summed E-state index contributed by atoms with van der Waals surface area (Å²) in [5, 5.41) is 11.5. The van der Waals surface area contributed by atoms with Gasteiger partial charge in [-0.2, -0.15) is 0 Å². The van der Waals surface area contributed by atoms with Crippen molar-refractivity contribution in [2.45, 2.75) is 0 Å². The first-order valence-electron chi connectivity index (χ1n) is 6.51. The van der Waals surface area contributed by atoms with Gasteiger partial charge in [0.15, 0.2) is 15.8 Å². The summed E-state index contributed by atoms with van der Waals surface area (Å²) in [5.41, 5.74) is 1.25. The molecule has 1 N–H and O–H groups in total. The third-order valence-electron chi connectivity index (χ3n) is 3.41. The lowest BCUT2D eigenvalue weighted by atomic mass is 10.2. The van der Waals surface area contributed by atoms with Crippen molar-refractivity contribution >= 4 is 27.3 Å². The fraction of sp³-hybridized carbons (Fsp3) is 0.133. The smallest absolute Gasteiger partial charge is 0.197 e. The Balaban J connectivity index is 1.84. The lowest BCUT2D eigenvalue weighted by molar-refractivity contribution is 0.408. The molecule has 22 heavy (non-hydrogen) atoms. The van der Waals surface area contributed by atoms with Gasteiger partial charge in [0.2, 0.25) is 0 Å². The largest absolute Gasteiger partial charge is 0.507 e. The first kappa shape index (κ1) is 13.0. The molecule has 0 aliphatic carbocycles. The molecular formula is C15H12N2O4S. The van der Waals surface area contributed by atoms with E-state index < -0.39 is 0 Å². The Hall–Kier alpha value is -2.67. The van der Waals surface area contributed by atoms with Crippen molar-refractivity contribution in [3.8, 4) is 28.0 Å². The van der Waals surface area contributed by atoms with Gasteiger partial charge in [-0.15, -0.1) is 0 Å².